The van der Waals surface area contributed by atoms with E-state index in [-0.39, 0.29) is 11.6 Å². The molecule has 3 N–H and O–H groups in total. The second-order valence-corrected chi connectivity index (χ2v) is 3.82. The van der Waals surface area contributed by atoms with Crippen molar-refractivity contribution in [3.05, 3.63) is 33.8 Å². The van der Waals surface area contributed by atoms with E-state index >= 15 is 0 Å². The molecule has 0 aliphatic rings. The molecule has 0 spiro atoms. The summed E-state index contributed by atoms with van der Waals surface area (Å²) in [7, 11) is 0. The molecule has 1 aromatic rings. The number of nitrogens with two attached hydrogens (primary N) is 1. The fourth-order valence-corrected chi connectivity index (χ4v) is 1.95. The molecule has 1 atom stereocenters. The van der Waals surface area contributed by atoms with Gasteiger partial charge in [-0.25, -0.2) is 4.79 Å². The zero-order valence-electron chi connectivity index (χ0n) is 7.83. The lowest BCUT2D eigenvalue weighted by atomic mass is 10.0. The van der Waals surface area contributed by atoms with E-state index in [1.807, 2.05) is 13.0 Å². The van der Waals surface area contributed by atoms with Crippen molar-refractivity contribution in [3.63, 3.8) is 0 Å². The highest BCUT2D eigenvalue weighted by atomic mass is 79.9. The van der Waals surface area contributed by atoms with Gasteiger partial charge in [0.05, 0.1) is 5.56 Å². The number of aromatic carboxylic acids is 1. The normalized spacial score (nSPS) is 12.5. The van der Waals surface area contributed by atoms with Gasteiger partial charge in [-0.15, -0.1) is 0 Å². The number of hydrogen-bond donors (Lipinski definition) is 2. The van der Waals surface area contributed by atoms with Crippen molar-refractivity contribution in [1.29, 1.82) is 0 Å². The maximum atomic E-state index is 10.8. The Balaban J connectivity index is 3.20. The first-order valence-corrected chi connectivity index (χ1v) is 5.14. The van der Waals surface area contributed by atoms with E-state index in [4.69, 9.17) is 10.8 Å². The molecule has 0 radical (unpaired) electrons. The lowest BCUT2D eigenvalue weighted by Crippen LogP contribution is -2.11. The molecule has 76 valence electrons. The molecule has 1 aromatic carbocycles. The third-order valence-electron chi connectivity index (χ3n) is 2.10. The van der Waals surface area contributed by atoms with Crippen molar-refractivity contribution in [1.82, 2.24) is 0 Å². The van der Waals surface area contributed by atoms with Crippen LogP contribution in [0.5, 0.6) is 0 Å². The SMILES string of the molecule is CCC(N)c1cccc(C(=O)O)c1Br. The second kappa shape index (κ2) is 4.57. The van der Waals surface area contributed by atoms with Crippen LogP contribution in [0.3, 0.4) is 0 Å². The topological polar surface area (TPSA) is 63.3 Å². The van der Waals surface area contributed by atoms with Crippen LogP contribution in [0.15, 0.2) is 22.7 Å². The minimum absolute atomic E-state index is 0.122. The highest BCUT2D eigenvalue weighted by Crippen LogP contribution is 2.27. The van der Waals surface area contributed by atoms with Crippen LogP contribution in [-0.2, 0) is 0 Å². The van der Waals surface area contributed by atoms with Gasteiger partial charge in [-0.1, -0.05) is 19.1 Å². The van der Waals surface area contributed by atoms with E-state index < -0.39 is 5.97 Å². The lowest BCUT2D eigenvalue weighted by Gasteiger charge is -2.12. The van der Waals surface area contributed by atoms with Crippen LogP contribution in [0.2, 0.25) is 0 Å². The predicted octanol–water partition coefficient (Wildman–Crippen LogP) is 2.56. The maximum absolute atomic E-state index is 10.8. The molecule has 4 heteroatoms. The zero-order valence-corrected chi connectivity index (χ0v) is 9.41. The van der Waals surface area contributed by atoms with Crippen molar-refractivity contribution in [3.8, 4) is 0 Å². The first kappa shape index (κ1) is 11.2. The molecular formula is C10H12BrNO2. The Morgan fingerprint density at radius 3 is 2.79 bits per heavy atom. The number of carboxylic acid groups (broad SMARTS) is 1. The Labute approximate surface area is 91.1 Å². The summed E-state index contributed by atoms with van der Waals surface area (Å²) < 4.78 is 0.585. The molecule has 0 heterocycles. The van der Waals surface area contributed by atoms with Crippen molar-refractivity contribution in [2.45, 2.75) is 19.4 Å². The first-order chi connectivity index (χ1) is 6.57. The van der Waals surface area contributed by atoms with Gasteiger partial charge in [0.1, 0.15) is 0 Å². The van der Waals surface area contributed by atoms with Crippen LogP contribution in [0.25, 0.3) is 0 Å². The molecule has 0 aromatic heterocycles. The summed E-state index contributed by atoms with van der Waals surface area (Å²) in [6, 6.07) is 4.98. The van der Waals surface area contributed by atoms with Gasteiger partial charge < -0.3 is 10.8 Å². The summed E-state index contributed by atoms with van der Waals surface area (Å²) >= 11 is 3.26. The fraction of sp³-hybridized carbons (Fsp3) is 0.300. The van der Waals surface area contributed by atoms with Crippen LogP contribution in [0.1, 0.15) is 35.3 Å². The van der Waals surface area contributed by atoms with E-state index in [9.17, 15) is 4.79 Å². The van der Waals surface area contributed by atoms with Gasteiger partial charge in [0.25, 0.3) is 0 Å². The van der Waals surface area contributed by atoms with Gasteiger partial charge in [-0.2, -0.15) is 0 Å². The van der Waals surface area contributed by atoms with Gasteiger partial charge in [-0.3, -0.25) is 0 Å². The van der Waals surface area contributed by atoms with Gasteiger partial charge >= 0.3 is 5.97 Å². The summed E-state index contributed by atoms with van der Waals surface area (Å²) in [5.41, 5.74) is 6.94. The Morgan fingerprint density at radius 2 is 2.29 bits per heavy atom. The highest BCUT2D eigenvalue weighted by molar-refractivity contribution is 9.10. The Kier molecular flexibility index (Phi) is 3.66. The number of benzene rings is 1. The van der Waals surface area contributed by atoms with E-state index in [1.165, 1.54) is 0 Å². The molecule has 1 rings (SSSR count). The monoisotopic (exact) mass is 257 g/mol. The Bertz CT molecular complexity index is 352. The molecule has 14 heavy (non-hydrogen) atoms. The molecule has 0 aliphatic heterocycles. The Hall–Kier alpha value is -0.870. The first-order valence-electron chi connectivity index (χ1n) is 4.35. The standard InChI is InChI=1S/C10H12BrNO2/c1-2-8(12)6-4-3-5-7(9(6)11)10(13)14/h3-5,8H,2,12H2,1H3,(H,13,14). The summed E-state index contributed by atoms with van der Waals surface area (Å²) in [5, 5.41) is 8.87. The van der Waals surface area contributed by atoms with Crippen molar-refractivity contribution >= 4 is 21.9 Å². The number of carbonyl (C=O) groups is 1. The minimum Gasteiger partial charge on any atom is -0.478 e. The van der Waals surface area contributed by atoms with Crippen molar-refractivity contribution in [2.75, 3.05) is 0 Å². The number of halogens is 1. The second-order valence-electron chi connectivity index (χ2n) is 3.03. The van der Waals surface area contributed by atoms with Crippen LogP contribution in [0.4, 0.5) is 0 Å². The van der Waals surface area contributed by atoms with Gasteiger partial charge in [0.15, 0.2) is 0 Å². The zero-order chi connectivity index (χ0) is 10.7. The summed E-state index contributed by atoms with van der Waals surface area (Å²) in [5.74, 6) is -0.943. The third-order valence-corrected chi connectivity index (χ3v) is 2.98. The van der Waals surface area contributed by atoms with E-state index in [0.717, 1.165) is 12.0 Å². The number of rotatable bonds is 3. The van der Waals surface area contributed by atoms with Crippen molar-refractivity contribution < 1.29 is 9.90 Å². The fourth-order valence-electron chi connectivity index (χ4n) is 1.22. The molecule has 1 unspecified atom stereocenters. The smallest absolute Gasteiger partial charge is 0.336 e. The number of carboxylic acids is 1. The molecule has 0 saturated carbocycles. The number of hydrogen-bond acceptors (Lipinski definition) is 2. The highest BCUT2D eigenvalue weighted by Gasteiger charge is 2.14. The van der Waals surface area contributed by atoms with Gasteiger partial charge in [-0.05, 0) is 34.0 Å². The van der Waals surface area contributed by atoms with Gasteiger partial charge in [0, 0.05) is 10.5 Å². The van der Waals surface area contributed by atoms with Crippen LogP contribution in [0, 0.1) is 0 Å². The molecule has 0 aliphatic carbocycles. The molecule has 0 fully saturated rings. The summed E-state index contributed by atoms with van der Waals surface area (Å²) in [6.45, 7) is 1.96. The van der Waals surface area contributed by atoms with E-state index in [0.29, 0.717) is 4.47 Å². The molecule has 3 nitrogen and oxygen atoms in total. The Morgan fingerprint density at radius 1 is 1.64 bits per heavy atom. The predicted molar refractivity (Wildman–Crippen MR) is 58.3 cm³/mol. The summed E-state index contributed by atoms with van der Waals surface area (Å²) in [4.78, 5) is 10.8. The van der Waals surface area contributed by atoms with Crippen molar-refractivity contribution in [2.24, 2.45) is 5.73 Å². The molecule has 0 amide bonds. The average Bonchev–Trinajstić information content (AvgIpc) is 2.16. The largest absolute Gasteiger partial charge is 0.478 e. The molecule has 0 bridgehead atoms. The third kappa shape index (κ3) is 2.13. The quantitative estimate of drug-likeness (QED) is 0.875. The van der Waals surface area contributed by atoms with Crippen LogP contribution >= 0.6 is 15.9 Å². The van der Waals surface area contributed by atoms with E-state index in [1.54, 1.807) is 12.1 Å². The summed E-state index contributed by atoms with van der Waals surface area (Å²) in [6.07, 6.45) is 0.779. The molecular weight excluding hydrogens is 246 g/mol. The minimum atomic E-state index is -0.943. The lowest BCUT2D eigenvalue weighted by molar-refractivity contribution is 0.0695. The van der Waals surface area contributed by atoms with E-state index in [2.05, 4.69) is 15.9 Å². The average molecular weight is 258 g/mol. The van der Waals surface area contributed by atoms with Crippen LogP contribution < -0.4 is 5.73 Å². The molecule has 0 saturated heterocycles. The van der Waals surface area contributed by atoms with Gasteiger partial charge in [0.2, 0.25) is 0 Å². The maximum Gasteiger partial charge on any atom is 0.336 e. The van der Waals surface area contributed by atoms with Crippen LogP contribution in [-0.4, -0.2) is 11.1 Å².